The Morgan fingerprint density at radius 2 is 1.75 bits per heavy atom. The van der Waals surface area contributed by atoms with E-state index in [1.54, 1.807) is 6.92 Å². The molecule has 104 valence electrons. The van der Waals surface area contributed by atoms with Crippen LogP contribution in [0.25, 0.3) is 11.1 Å². The van der Waals surface area contributed by atoms with Crippen molar-refractivity contribution in [2.75, 3.05) is 0 Å². The summed E-state index contributed by atoms with van der Waals surface area (Å²) in [6.45, 7) is 6.09. The average Bonchev–Trinajstić information content (AvgIpc) is 2.47. The van der Waals surface area contributed by atoms with E-state index in [-0.39, 0.29) is 5.97 Å². The van der Waals surface area contributed by atoms with Crippen LogP contribution in [0.2, 0.25) is 0 Å². The Hall–Kier alpha value is -2.09. The maximum Gasteiger partial charge on any atom is 0.310 e. The molecule has 0 N–H and O–H groups in total. The molecule has 0 bridgehead atoms. The number of carbonyl (C=O) groups excluding carboxylic acids is 1. The second-order valence-corrected chi connectivity index (χ2v) is 5.07. The van der Waals surface area contributed by atoms with E-state index in [4.69, 9.17) is 4.74 Å². The molecule has 0 amide bonds. The molecule has 0 spiro atoms. The SMILES string of the molecule is CCC(=O)Oc1cccc(C(C)C)c1-c1ccccc1. The molecule has 0 aliphatic rings. The smallest absolute Gasteiger partial charge is 0.310 e. The van der Waals surface area contributed by atoms with Gasteiger partial charge in [-0.2, -0.15) is 0 Å². The van der Waals surface area contributed by atoms with Crippen LogP contribution in [0.1, 0.15) is 38.7 Å². The molecule has 0 radical (unpaired) electrons. The van der Waals surface area contributed by atoms with E-state index >= 15 is 0 Å². The molecular weight excluding hydrogens is 248 g/mol. The third-order valence-corrected chi connectivity index (χ3v) is 3.26. The zero-order valence-corrected chi connectivity index (χ0v) is 12.2. The summed E-state index contributed by atoms with van der Waals surface area (Å²) in [5, 5.41) is 0. The monoisotopic (exact) mass is 268 g/mol. The Morgan fingerprint density at radius 3 is 2.35 bits per heavy atom. The number of hydrogen-bond donors (Lipinski definition) is 0. The molecule has 2 aromatic rings. The quantitative estimate of drug-likeness (QED) is 0.588. The molecule has 0 saturated carbocycles. The van der Waals surface area contributed by atoms with Gasteiger partial charge in [0.1, 0.15) is 5.75 Å². The second kappa shape index (κ2) is 6.38. The lowest BCUT2D eigenvalue weighted by Crippen LogP contribution is -2.07. The molecule has 0 aliphatic carbocycles. The molecule has 2 rings (SSSR count). The first kappa shape index (κ1) is 14.3. The van der Waals surface area contributed by atoms with Gasteiger partial charge in [0, 0.05) is 12.0 Å². The Balaban J connectivity index is 2.57. The fourth-order valence-corrected chi connectivity index (χ4v) is 2.22. The number of esters is 1. The van der Waals surface area contributed by atoms with Crippen molar-refractivity contribution in [2.45, 2.75) is 33.1 Å². The highest BCUT2D eigenvalue weighted by molar-refractivity contribution is 5.80. The van der Waals surface area contributed by atoms with Gasteiger partial charge < -0.3 is 4.74 Å². The van der Waals surface area contributed by atoms with Crippen LogP contribution in [0.3, 0.4) is 0 Å². The number of hydrogen-bond acceptors (Lipinski definition) is 2. The summed E-state index contributed by atoms with van der Waals surface area (Å²) < 4.78 is 5.50. The first-order valence-electron chi connectivity index (χ1n) is 7.02. The summed E-state index contributed by atoms with van der Waals surface area (Å²) in [5.41, 5.74) is 3.29. The van der Waals surface area contributed by atoms with E-state index in [2.05, 4.69) is 19.9 Å². The predicted molar refractivity (Wildman–Crippen MR) is 81.9 cm³/mol. The number of rotatable bonds is 4. The van der Waals surface area contributed by atoms with Gasteiger partial charge in [-0.05, 0) is 23.1 Å². The Bertz CT molecular complexity index is 586. The molecule has 20 heavy (non-hydrogen) atoms. The molecule has 0 unspecified atom stereocenters. The minimum Gasteiger partial charge on any atom is -0.426 e. The van der Waals surface area contributed by atoms with Crippen molar-refractivity contribution in [1.29, 1.82) is 0 Å². The lowest BCUT2D eigenvalue weighted by Gasteiger charge is -2.17. The van der Waals surface area contributed by atoms with Crippen LogP contribution in [0, 0.1) is 0 Å². The second-order valence-electron chi connectivity index (χ2n) is 5.07. The van der Waals surface area contributed by atoms with Crippen LogP contribution in [-0.4, -0.2) is 5.97 Å². The van der Waals surface area contributed by atoms with Crippen LogP contribution in [-0.2, 0) is 4.79 Å². The van der Waals surface area contributed by atoms with Gasteiger partial charge in [-0.15, -0.1) is 0 Å². The number of ether oxygens (including phenoxy) is 1. The first-order valence-corrected chi connectivity index (χ1v) is 7.02. The van der Waals surface area contributed by atoms with Gasteiger partial charge in [-0.1, -0.05) is 63.2 Å². The minimum atomic E-state index is -0.205. The van der Waals surface area contributed by atoms with E-state index in [1.807, 2.05) is 42.5 Å². The van der Waals surface area contributed by atoms with Gasteiger partial charge in [-0.25, -0.2) is 0 Å². The zero-order chi connectivity index (χ0) is 14.5. The molecule has 0 atom stereocenters. The van der Waals surface area contributed by atoms with Crippen molar-refractivity contribution in [3.8, 4) is 16.9 Å². The lowest BCUT2D eigenvalue weighted by molar-refractivity contribution is -0.133. The third kappa shape index (κ3) is 3.08. The largest absolute Gasteiger partial charge is 0.426 e. The predicted octanol–water partition coefficient (Wildman–Crippen LogP) is 4.79. The number of benzene rings is 2. The molecule has 0 fully saturated rings. The van der Waals surface area contributed by atoms with E-state index in [1.165, 1.54) is 5.56 Å². The van der Waals surface area contributed by atoms with E-state index in [0.29, 0.717) is 18.1 Å². The summed E-state index contributed by atoms with van der Waals surface area (Å²) in [5.74, 6) is 0.808. The lowest BCUT2D eigenvalue weighted by atomic mass is 9.92. The average molecular weight is 268 g/mol. The summed E-state index contributed by atoms with van der Waals surface area (Å²) in [4.78, 5) is 11.6. The maximum absolute atomic E-state index is 11.6. The fraction of sp³-hybridized carbons (Fsp3) is 0.278. The van der Waals surface area contributed by atoms with Gasteiger partial charge in [0.15, 0.2) is 0 Å². The number of carbonyl (C=O) groups is 1. The molecule has 0 saturated heterocycles. The summed E-state index contributed by atoms with van der Waals surface area (Å²) >= 11 is 0. The van der Waals surface area contributed by atoms with Crippen molar-refractivity contribution in [1.82, 2.24) is 0 Å². The molecule has 0 heterocycles. The topological polar surface area (TPSA) is 26.3 Å². The normalized spacial score (nSPS) is 10.6. The molecular formula is C18H20O2. The van der Waals surface area contributed by atoms with Gasteiger partial charge in [0.25, 0.3) is 0 Å². The van der Waals surface area contributed by atoms with E-state index < -0.39 is 0 Å². The van der Waals surface area contributed by atoms with Gasteiger partial charge in [0.2, 0.25) is 0 Å². The van der Waals surface area contributed by atoms with Crippen LogP contribution in [0.4, 0.5) is 0 Å². The fourth-order valence-electron chi connectivity index (χ4n) is 2.22. The van der Waals surface area contributed by atoms with E-state index in [9.17, 15) is 4.79 Å². The Morgan fingerprint density at radius 1 is 1.05 bits per heavy atom. The van der Waals surface area contributed by atoms with Crippen LogP contribution < -0.4 is 4.74 Å². The van der Waals surface area contributed by atoms with Crippen molar-refractivity contribution in [3.63, 3.8) is 0 Å². The van der Waals surface area contributed by atoms with Gasteiger partial charge >= 0.3 is 5.97 Å². The van der Waals surface area contributed by atoms with Crippen molar-refractivity contribution in [2.24, 2.45) is 0 Å². The van der Waals surface area contributed by atoms with E-state index in [0.717, 1.165) is 11.1 Å². The van der Waals surface area contributed by atoms with Crippen molar-refractivity contribution in [3.05, 3.63) is 54.1 Å². The maximum atomic E-state index is 11.6. The van der Waals surface area contributed by atoms with Crippen LogP contribution >= 0.6 is 0 Å². The standard InChI is InChI=1S/C18H20O2/c1-4-17(19)20-16-12-8-11-15(13(2)3)18(16)14-9-6-5-7-10-14/h5-13H,4H2,1-3H3. The summed E-state index contributed by atoms with van der Waals surface area (Å²) in [6, 6.07) is 16.0. The highest BCUT2D eigenvalue weighted by Gasteiger charge is 2.15. The van der Waals surface area contributed by atoms with Crippen molar-refractivity contribution >= 4 is 5.97 Å². The molecule has 2 aromatic carbocycles. The summed E-state index contributed by atoms with van der Waals surface area (Å²) in [7, 11) is 0. The van der Waals surface area contributed by atoms with Crippen LogP contribution in [0.15, 0.2) is 48.5 Å². The molecule has 2 heteroatoms. The Kier molecular flexibility index (Phi) is 4.57. The highest BCUT2D eigenvalue weighted by Crippen LogP contribution is 2.37. The molecule has 2 nitrogen and oxygen atoms in total. The van der Waals surface area contributed by atoms with Gasteiger partial charge in [-0.3, -0.25) is 4.79 Å². The van der Waals surface area contributed by atoms with Crippen molar-refractivity contribution < 1.29 is 9.53 Å². The Labute approximate surface area is 120 Å². The third-order valence-electron chi connectivity index (χ3n) is 3.26. The minimum absolute atomic E-state index is 0.205. The van der Waals surface area contributed by atoms with Crippen LogP contribution in [0.5, 0.6) is 5.75 Å². The molecule has 0 aromatic heterocycles. The highest BCUT2D eigenvalue weighted by atomic mass is 16.5. The first-order chi connectivity index (χ1) is 9.63. The zero-order valence-electron chi connectivity index (χ0n) is 12.2. The molecule has 0 aliphatic heterocycles. The van der Waals surface area contributed by atoms with Gasteiger partial charge in [0.05, 0.1) is 0 Å². The summed E-state index contributed by atoms with van der Waals surface area (Å²) in [6.07, 6.45) is 0.375.